The van der Waals surface area contributed by atoms with Crippen LogP contribution in [0.25, 0.3) is 0 Å². The number of hydrogen-bond acceptors (Lipinski definition) is 3. The Balaban J connectivity index is 2.36. The first-order valence-electron chi connectivity index (χ1n) is 5.18. The highest BCUT2D eigenvalue weighted by atomic mass is 16.3. The van der Waals surface area contributed by atoms with Crippen molar-refractivity contribution in [3.8, 4) is 0 Å². The Morgan fingerprint density at radius 2 is 2.21 bits per heavy atom. The maximum absolute atomic E-state index is 11.7. The smallest absolute Gasteiger partial charge is 0.226 e. The molecule has 0 saturated carbocycles. The van der Waals surface area contributed by atoms with Crippen molar-refractivity contribution < 1.29 is 9.90 Å². The molecule has 0 aromatic heterocycles. The van der Waals surface area contributed by atoms with Gasteiger partial charge in [0.25, 0.3) is 0 Å². The third kappa shape index (κ3) is 2.25. The summed E-state index contributed by atoms with van der Waals surface area (Å²) in [5.41, 5.74) is -0.616. The second-order valence-corrected chi connectivity index (χ2v) is 4.23. The minimum atomic E-state index is -0.616. The normalized spacial score (nSPS) is 21.6. The summed E-state index contributed by atoms with van der Waals surface area (Å²) in [6.07, 6.45) is 0.719. The molecule has 1 atom stereocenters. The molecule has 0 aromatic carbocycles. The lowest BCUT2D eigenvalue weighted by Crippen LogP contribution is -2.64. The molecule has 0 aromatic rings. The summed E-state index contributed by atoms with van der Waals surface area (Å²) in [5, 5.41) is 12.7. The van der Waals surface area contributed by atoms with Crippen LogP contribution in [-0.2, 0) is 4.79 Å². The van der Waals surface area contributed by atoms with Gasteiger partial charge < -0.3 is 15.3 Å². The first-order valence-corrected chi connectivity index (χ1v) is 5.18. The number of β-amino-alcohol motifs (C(OH)–C–C–N with tert-alkyl or cyclic N) is 1. The van der Waals surface area contributed by atoms with Gasteiger partial charge in [0.15, 0.2) is 0 Å². The highest BCUT2D eigenvalue weighted by Crippen LogP contribution is 2.25. The van der Waals surface area contributed by atoms with Crippen LogP contribution in [0.15, 0.2) is 0 Å². The monoisotopic (exact) mass is 200 g/mol. The number of hydrogen-bond donors (Lipinski definition) is 2. The van der Waals surface area contributed by atoms with Crippen LogP contribution in [0, 0.1) is 5.92 Å². The van der Waals surface area contributed by atoms with Crippen molar-refractivity contribution >= 4 is 5.91 Å². The van der Waals surface area contributed by atoms with Gasteiger partial charge in [0.1, 0.15) is 0 Å². The molecule has 4 nitrogen and oxygen atoms in total. The highest BCUT2D eigenvalue weighted by molar-refractivity contribution is 5.79. The van der Waals surface area contributed by atoms with Crippen LogP contribution in [0.3, 0.4) is 0 Å². The standard InChI is InChI=1S/C10H20N2O2/c1-4-10(14)6-12(7-10)9(13)8(2)5-11-3/h8,11,14H,4-7H2,1-3H3. The highest BCUT2D eigenvalue weighted by Gasteiger charge is 2.42. The molecule has 0 radical (unpaired) electrons. The van der Waals surface area contributed by atoms with E-state index in [2.05, 4.69) is 5.32 Å². The van der Waals surface area contributed by atoms with E-state index in [1.54, 1.807) is 4.90 Å². The molecule has 82 valence electrons. The fourth-order valence-corrected chi connectivity index (χ4v) is 1.75. The Hall–Kier alpha value is -0.610. The van der Waals surface area contributed by atoms with Crippen molar-refractivity contribution in [1.29, 1.82) is 0 Å². The number of nitrogens with zero attached hydrogens (tertiary/aromatic N) is 1. The van der Waals surface area contributed by atoms with E-state index in [0.29, 0.717) is 19.6 Å². The zero-order valence-corrected chi connectivity index (χ0v) is 9.21. The molecule has 1 saturated heterocycles. The van der Waals surface area contributed by atoms with Crippen LogP contribution in [-0.4, -0.2) is 48.2 Å². The van der Waals surface area contributed by atoms with Crippen molar-refractivity contribution in [3.63, 3.8) is 0 Å². The minimum absolute atomic E-state index is 0.00130. The Morgan fingerprint density at radius 1 is 1.64 bits per heavy atom. The molecule has 1 unspecified atom stereocenters. The van der Waals surface area contributed by atoms with Crippen LogP contribution in [0.2, 0.25) is 0 Å². The van der Waals surface area contributed by atoms with Gasteiger partial charge in [0, 0.05) is 12.5 Å². The molecule has 2 N–H and O–H groups in total. The summed E-state index contributed by atoms with van der Waals surface area (Å²) in [4.78, 5) is 13.4. The quantitative estimate of drug-likeness (QED) is 0.662. The molecule has 1 rings (SSSR count). The van der Waals surface area contributed by atoms with Crippen molar-refractivity contribution in [2.75, 3.05) is 26.7 Å². The van der Waals surface area contributed by atoms with Gasteiger partial charge in [-0.15, -0.1) is 0 Å². The van der Waals surface area contributed by atoms with E-state index < -0.39 is 5.60 Å². The Bertz CT molecular complexity index is 212. The fourth-order valence-electron chi connectivity index (χ4n) is 1.75. The molecule has 4 heteroatoms. The summed E-state index contributed by atoms with van der Waals surface area (Å²) >= 11 is 0. The zero-order valence-electron chi connectivity index (χ0n) is 9.21. The van der Waals surface area contributed by atoms with Crippen molar-refractivity contribution in [1.82, 2.24) is 10.2 Å². The van der Waals surface area contributed by atoms with Gasteiger partial charge in [-0.1, -0.05) is 13.8 Å². The van der Waals surface area contributed by atoms with E-state index in [9.17, 15) is 9.90 Å². The molecule has 1 amide bonds. The summed E-state index contributed by atoms with van der Waals surface area (Å²) in [5.74, 6) is 0.138. The lowest BCUT2D eigenvalue weighted by Gasteiger charge is -2.47. The zero-order chi connectivity index (χ0) is 10.8. The second-order valence-electron chi connectivity index (χ2n) is 4.23. The Labute approximate surface area is 85.3 Å². The summed E-state index contributed by atoms with van der Waals surface area (Å²) in [6.45, 7) is 5.54. The summed E-state index contributed by atoms with van der Waals surface area (Å²) < 4.78 is 0. The molecule has 0 spiro atoms. The van der Waals surface area contributed by atoms with Crippen LogP contribution in [0.5, 0.6) is 0 Å². The molecule has 1 heterocycles. The number of carbonyl (C=O) groups is 1. The van der Waals surface area contributed by atoms with Gasteiger partial charge in [0.05, 0.1) is 18.7 Å². The number of likely N-dealkylation sites (tertiary alicyclic amines) is 1. The van der Waals surface area contributed by atoms with Crippen LogP contribution < -0.4 is 5.32 Å². The number of amides is 1. The second kappa shape index (κ2) is 4.28. The van der Waals surface area contributed by atoms with Gasteiger partial charge >= 0.3 is 0 Å². The molecule has 1 aliphatic rings. The average molecular weight is 200 g/mol. The molecule has 0 aliphatic carbocycles. The number of nitrogens with one attached hydrogen (secondary N) is 1. The maximum atomic E-state index is 11.7. The predicted octanol–water partition coefficient (Wildman–Crippen LogP) is -0.175. The third-order valence-corrected chi connectivity index (χ3v) is 2.87. The third-order valence-electron chi connectivity index (χ3n) is 2.87. The van der Waals surface area contributed by atoms with Gasteiger partial charge in [0.2, 0.25) is 5.91 Å². The van der Waals surface area contributed by atoms with Gasteiger partial charge in [-0.2, -0.15) is 0 Å². The van der Waals surface area contributed by atoms with Gasteiger partial charge in [-0.25, -0.2) is 0 Å². The average Bonchev–Trinajstić information content (AvgIpc) is 2.12. The minimum Gasteiger partial charge on any atom is -0.386 e. The van der Waals surface area contributed by atoms with E-state index in [0.717, 1.165) is 6.42 Å². The lowest BCUT2D eigenvalue weighted by atomic mass is 9.90. The van der Waals surface area contributed by atoms with Crippen molar-refractivity contribution in [2.24, 2.45) is 5.92 Å². The maximum Gasteiger partial charge on any atom is 0.226 e. The Morgan fingerprint density at radius 3 is 2.64 bits per heavy atom. The van der Waals surface area contributed by atoms with E-state index >= 15 is 0 Å². The van der Waals surface area contributed by atoms with E-state index in [4.69, 9.17) is 0 Å². The van der Waals surface area contributed by atoms with E-state index in [1.165, 1.54) is 0 Å². The van der Waals surface area contributed by atoms with Crippen LogP contribution in [0.1, 0.15) is 20.3 Å². The number of aliphatic hydroxyl groups is 1. The first kappa shape index (κ1) is 11.5. The lowest BCUT2D eigenvalue weighted by molar-refractivity contribution is -0.159. The summed E-state index contributed by atoms with van der Waals surface area (Å²) in [7, 11) is 1.84. The largest absolute Gasteiger partial charge is 0.386 e. The molecule has 14 heavy (non-hydrogen) atoms. The first-order chi connectivity index (χ1) is 6.52. The van der Waals surface area contributed by atoms with Crippen LogP contribution >= 0.6 is 0 Å². The number of rotatable bonds is 4. The number of carbonyl (C=O) groups excluding carboxylic acids is 1. The molecule has 1 aliphatic heterocycles. The summed E-state index contributed by atoms with van der Waals surface area (Å²) in [6, 6.07) is 0. The Kier molecular flexibility index (Phi) is 3.50. The molecular formula is C10H20N2O2. The fraction of sp³-hybridized carbons (Fsp3) is 0.900. The predicted molar refractivity (Wildman–Crippen MR) is 54.9 cm³/mol. The van der Waals surface area contributed by atoms with Gasteiger partial charge in [-0.3, -0.25) is 4.79 Å². The van der Waals surface area contributed by atoms with E-state index in [1.807, 2.05) is 20.9 Å². The molecule has 1 fully saturated rings. The molecular weight excluding hydrogens is 180 g/mol. The van der Waals surface area contributed by atoms with Crippen molar-refractivity contribution in [2.45, 2.75) is 25.9 Å². The SMILES string of the molecule is CCC1(O)CN(C(=O)C(C)CNC)C1. The topological polar surface area (TPSA) is 52.6 Å². The van der Waals surface area contributed by atoms with Crippen LogP contribution in [0.4, 0.5) is 0 Å². The van der Waals surface area contributed by atoms with Gasteiger partial charge in [-0.05, 0) is 13.5 Å². The van der Waals surface area contributed by atoms with Crippen molar-refractivity contribution in [3.05, 3.63) is 0 Å². The van der Waals surface area contributed by atoms with E-state index in [-0.39, 0.29) is 11.8 Å². The molecule has 0 bridgehead atoms.